The summed E-state index contributed by atoms with van der Waals surface area (Å²) in [4.78, 5) is 23.2. The highest BCUT2D eigenvalue weighted by Crippen LogP contribution is 2.33. The molecule has 0 fully saturated rings. The minimum Gasteiger partial charge on any atom is -0.334 e. The van der Waals surface area contributed by atoms with E-state index < -0.39 is 4.92 Å². The maximum absolute atomic E-state index is 11.7. The molecule has 11 heteroatoms. The predicted octanol–water partition coefficient (Wildman–Crippen LogP) is 6.34. The molecule has 2 N–H and O–H groups in total. The molecule has 158 valence electrons. The summed E-state index contributed by atoms with van der Waals surface area (Å²) in [5, 5.41) is 26.3. The Balaban J connectivity index is 1.54. The van der Waals surface area contributed by atoms with Gasteiger partial charge in [-0.05, 0) is 48.5 Å². The number of azo groups is 1. The molecular formula is C21H15ClN8O2. The van der Waals surface area contributed by atoms with Gasteiger partial charge >= 0.3 is 5.69 Å². The van der Waals surface area contributed by atoms with Crippen LogP contribution in [0.1, 0.15) is 0 Å². The number of hydrogen-bond acceptors (Lipinski definition) is 9. The zero-order chi connectivity index (χ0) is 22.3. The fourth-order valence-corrected chi connectivity index (χ4v) is 2.78. The van der Waals surface area contributed by atoms with Gasteiger partial charge < -0.3 is 10.6 Å². The quantitative estimate of drug-likeness (QED) is 0.192. The summed E-state index contributed by atoms with van der Waals surface area (Å²) in [5.41, 5.74) is 1.63. The van der Waals surface area contributed by atoms with E-state index in [2.05, 4.69) is 35.8 Å². The Hall–Kier alpha value is -4.44. The first kappa shape index (κ1) is 20.8. The first-order chi connectivity index (χ1) is 15.6. The molecule has 0 bridgehead atoms. The van der Waals surface area contributed by atoms with Crippen LogP contribution in [0, 0.1) is 10.1 Å². The lowest BCUT2D eigenvalue weighted by molar-refractivity contribution is -0.383. The van der Waals surface area contributed by atoms with Crippen LogP contribution >= 0.6 is 11.6 Å². The van der Waals surface area contributed by atoms with Gasteiger partial charge in [0.05, 0.1) is 21.3 Å². The number of nitrogens with one attached hydrogen (secondary N) is 2. The third-order valence-corrected chi connectivity index (χ3v) is 4.37. The number of benzene rings is 2. The number of pyridine rings is 1. The van der Waals surface area contributed by atoms with Crippen LogP contribution in [0.4, 0.5) is 40.2 Å². The first-order valence-corrected chi connectivity index (χ1v) is 9.68. The van der Waals surface area contributed by atoms with Crippen LogP contribution in [0.15, 0.2) is 89.5 Å². The molecule has 2 aromatic carbocycles. The summed E-state index contributed by atoms with van der Waals surface area (Å²) in [6, 6.07) is 19.5. The van der Waals surface area contributed by atoms with Crippen molar-refractivity contribution in [2.24, 2.45) is 10.2 Å². The number of nitro groups is 1. The van der Waals surface area contributed by atoms with Crippen LogP contribution in [0.3, 0.4) is 0 Å². The molecule has 0 aliphatic carbocycles. The van der Waals surface area contributed by atoms with E-state index >= 15 is 0 Å². The van der Waals surface area contributed by atoms with Gasteiger partial charge in [0.15, 0.2) is 0 Å². The van der Waals surface area contributed by atoms with Crippen molar-refractivity contribution in [3.63, 3.8) is 0 Å². The summed E-state index contributed by atoms with van der Waals surface area (Å²) in [6.45, 7) is 0. The second-order valence-electron chi connectivity index (χ2n) is 6.37. The van der Waals surface area contributed by atoms with E-state index in [-0.39, 0.29) is 17.3 Å². The molecule has 0 spiro atoms. The molecule has 0 atom stereocenters. The van der Waals surface area contributed by atoms with E-state index in [1.165, 1.54) is 12.5 Å². The summed E-state index contributed by atoms with van der Waals surface area (Å²) < 4.78 is 0. The molecule has 0 unspecified atom stereocenters. The Morgan fingerprint density at radius 3 is 2.09 bits per heavy atom. The van der Waals surface area contributed by atoms with E-state index in [0.29, 0.717) is 22.2 Å². The van der Waals surface area contributed by atoms with Crippen LogP contribution in [-0.2, 0) is 0 Å². The summed E-state index contributed by atoms with van der Waals surface area (Å²) >= 11 is 5.83. The standard InChI is InChI=1S/C21H15ClN8O2/c22-14-6-11-18(23-12-14)27-21-19(30(31)32)20(24-13-25-21)26-15-7-9-17(10-8-15)29-28-16-4-2-1-3-5-16/h1-13H,(H2,23,24,25,26,27). The third kappa shape index (κ3) is 5.18. The van der Waals surface area contributed by atoms with Gasteiger partial charge in [0.1, 0.15) is 12.1 Å². The van der Waals surface area contributed by atoms with Crippen molar-refractivity contribution in [3.8, 4) is 0 Å². The Labute approximate surface area is 187 Å². The highest BCUT2D eigenvalue weighted by atomic mass is 35.5. The van der Waals surface area contributed by atoms with Gasteiger partial charge in [0.2, 0.25) is 11.6 Å². The highest BCUT2D eigenvalue weighted by Gasteiger charge is 2.23. The fourth-order valence-electron chi connectivity index (χ4n) is 2.66. The van der Waals surface area contributed by atoms with Crippen molar-refractivity contribution >= 4 is 51.8 Å². The van der Waals surface area contributed by atoms with Crippen LogP contribution in [0.25, 0.3) is 0 Å². The first-order valence-electron chi connectivity index (χ1n) is 9.30. The number of halogens is 1. The SMILES string of the molecule is O=[N+]([O-])c1c(Nc2ccc(N=Nc3ccccc3)cc2)ncnc1Nc1ccc(Cl)cn1. The number of hydrogen-bond donors (Lipinski definition) is 2. The van der Waals surface area contributed by atoms with Crippen molar-refractivity contribution in [3.05, 3.63) is 94.4 Å². The molecule has 0 aliphatic rings. The van der Waals surface area contributed by atoms with E-state index in [0.717, 1.165) is 5.69 Å². The van der Waals surface area contributed by atoms with Crippen LogP contribution < -0.4 is 10.6 Å². The molecule has 4 rings (SSSR count). The van der Waals surface area contributed by atoms with E-state index in [1.807, 2.05) is 30.3 Å². The zero-order valence-corrected chi connectivity index (χ0v) is 17.1. The monoisotopic (exact) mass is 446 g/mol. The molecule has 4 aromatic rings. The number of rotatable bonds is 7. The van der Waals surface area contributed by atoms with E-state index in [1.54, 1.807) is 36.4 Å². The molecule has 0 saturated carbocycles. The second-order valence-corrected chi connectivity index (χ2v) is 6.81. The van der Waals surface area contributed by atoms with Gasteiger partial charge in [-0.25, -0.2) is 15.0 Å². The zero-order valence-electron chi connectivity index (χ0n) is 16.4. The van der Waals surface area contributed by atoms with E-state index in [4.69, 9.17) is 11.6 Å². The molecule has 10 nitrogen and oxygen atoms in total. The number of aromatic nitrogens is 3. The lowest BCUT2D eigenvalue weighted by Gasteiger charge is -2.10. The maximum atomic E-state index is 11.7. The van der Waals surface area contributed by atoms with Gasteiger partial charge in [-0.3, -0.25) is 10.1 Å². The highest BCUT2D eigenvalue weighted by molar-refractivity contribution is 6.30. The summed E-state index contributed by atoms with van der Waals surface area (Å²) in [7, 11) is 0. The van der Waals surface area contributed by atoms with Crippen molar-refractivity contribution in [2.75, 3.05) is 10.6 Å². The Morgan fingerprint density at radius 1 is 0.812 bits per heavy atom. The van der Waals surface area contributed by atoms with Gasteiger partial charge in [-0.15, -0.1) is 0 Å². The number of anilines is 4. The third-order valence-electron chi connectivity index (χ3n) is 4.15. The van der Waals surface area contributed by atoms with Gasteiger partial charge in [-0.1, -0.05) is 29.8 Å². The van der Waals surface area contributed by atoms with Gasteiger partial charge in [0.25, 0.3) is 0 Å². The molecule has 0 saturated heterocycles. The molecular weight excluding hydrogens is 432 g/mol. The molecule has 0 aliphatic heterocycles. The van der Waals surface area contributed by atoms with Crippen LogP contribution in [0.5, 0.6) is 0 Å². The normalized spacial score (nSPS) is 10.8. The summed E-state index contributed by atoms with van der Waals surface area (Å²) in [6.07, 6.45) is 2.64. The van der Waals surface area contributed by atoms with Gasteiger partial charge in [0, 0.05) is 11.9 Å². The lowest BCUT2D eigenvalue weighted by Crippen LogP contribution is -2.06. The van der Waals surface area contributed by atoms with Crippen molar-refractivity contribution in [2.45, 2.75) is 0 Å². The molecule has 32 heavy (non-hydrogen) atoms. The van der Waals surface area contributed by atoms with Crippen LogP contribution in [-0.4, -0.2) is 19.9 Å². The Morgan fingerprint density at radius 2 is 1.47 bits per heavy atom. The van der Waals surface area contributed by atoms with Crippen molar-refractivity contribution in [1.29, 1.82) is 0 Å². The van der Waals surface area contributed by atoms with Crippen LogP contribution in [0.2, 0.25) is 5.02 Å². The lowest BCUT2D eigenvalue weighted by atomic mass is 10.3. The largest absolute Gasteiger partial charge is 0.353 e. The average molecular weight is 447 g/mol. The minimum atomic E-state index is -0.566. The Bertz CT molecular complexity index is 1250. The minimum absolute atomic E-state index is 0.00407. The van der Waals surface area contributed by atoms with Crippen molar-refractivity contribution in [1.82, 2.24) is 15.0 Å². The second kappa shape index (κ2) is 9.58. The molecule has 0 amide bonds. The molecule has 2 aromatic heterocycles. The Kier molecular flexibility index (Phi) is 6.23. The van der Waals surface area contributed by atoms with Gasteiger partial charge in [-0.2, -0.15) is 10.2 Å². The fraction of sp³-hybridized carbons (Fsp3) is 0. The maximum Gasteiger partial charge on any atom is 0.353 e. The molecule has 0 radical (unpaired) electrons. The van der Waals surface area contributed by atoms with E-state index in [9.17, 15) is 10.1 Å². The topological polar surface area (TPSA) is 131 Å². The predicted molar refractivity (Wildman–Crippen MR) is 122 cm³/mol. The van der Waals surface area contributed by atoms with Crippen molar-refractivity contribution < 1.29 is 4.92 Å². The number of nitrogens with zero attached hydrogens (tertiary/aromatic N) is 6. The smallest absolute Gasteiger partial charge is 0.334 e. The summed E-state index contributed by atoms with van der Waals surface area (Å²) in [5.74, 6) is 0.381. The molecule has 2 heterocycles. The average Bonchev–Trinajstić information content (AvgIpc) is 2.81.